The van der Waals surface area contributed by atoms with Crippen LogP contribution in [-0.2, 0) is 0 Å². The molecule has 3 aromatic rings. The number of imidazole rings is 1. The molecule has 1 aromatic carbocycles. The summed E-state index contributed by atoms with van der Waals surface area (Å²) in [5.74, 6) is 0.742. The zero-order valence-corrected chi connectivity index (χ0v) is 10.5. The normalized spacial score (nSPS) is 12.5. The molecule has 3 rings (SSSR count). The van der Waals surface area contributed by atoms with E-state index < -0.39 is 0 Å². The molecular formula is C13H14N6. The SMILES string of the molecule is CC(Nc1ncnc2nc[nH]c12)c1ccc(N)cc1. The number of nitrogens with two attached hydrogens (primary N) is 1. The van der Waals surface area contributed by atoms with Crippen molar-refractivity contribution in [1.29, 1.82) is 0 Å². The molecule has 1 atom stereocenters. The number of nitrogens with zero attached hydrogens (tertiary/aromatic N) is 3. The second-order valence-electron chi connectivity index (χ2n) is 4.36. The van der Waals surface area contributed by atoms with E-state index in [4.69, 9.17) is 5.73 Å². The molecule has 0 fully saturated rings. The number of hydrogen-bond donors (Lipinski definition) is 3. The van der Waals surface area contributed by atoms with Crippen molar-refractivity contribution in [2.45, 2.75) is 13.0 Å². The fraction of sp³-hybridized carbons (Fsp3) is 0.154. The van der Waals surface area contributed by atoms with Gasteiger partial charge in [0.05, 0.1) is 12.4 Å². The monoisotopic (exact) mass is 254 g/mol. The molecule has 19 heavy (non-hydrogen) atoms. The summed E-state index contributed by atoms with van der Waals surface area (Å²) in [6.45, 7) is 2.07. The van der Waals surface area contributed by atoms with E-state index in [1.54, 1.807) is 6.33 Å². The Bertz CT molecular complexity index is 688. The fourth-order valence-corrected chi connectivity index (χ4v) is 1.95. The molecule has 0 saturated heterocycles. The van der Waals surface area contributed by atoms with Crippen molar-refractivity contribution in [1.82, 2.24) is 19.9 Å². The summed E-state index contributed by atoms with van der Waals surface area (Å²) in [6, 6.07) is 7.89. The first-order chi connectivity index (χ1) is 9.24. The minimum Gasteiger partial charge on any atom is -0.399 e. The van der Waals surface area contributed by atoms with Gasteiger partial charge in [-0.2, -0.15) is 0 Å². The first-order valence-corrected chi connectivity index (χ1v) is 6.00. The van der Waals surface area contributed by atoms with Gasteiger partial charge in [-0.15, -0.1) is 0 Å². The number of fused-ring (bicyclic) bond motifs is 1. The second kappa shape index (κ2) is 4.56. The van der Waals surface area contributed by atoms with E-state index in [0.29, 0.717) is 5.65 Å². The Labute approximate surface area is 110 Å². The summed E-state index contributed by atoms with van der Waals surface area (Å²) in [7, 11) is 0. The average molecular weight is 254 g/mol. The molecular weight excluding hydrogens is 240 g/mol. The lowest BCUT2D eigenvalue weighted by Crippen LogP contribution is -2.08. The summed E-state index contributed by atoms with van der Waals surface area (Å²) in [5.41, 5.74) is 9.05. The van der Waals surface area contributed by atoms with E-state index in [1.165, 1.54) is 6.33 Å². The van der Waals surface area contributed by atoms with Crippen molar-refractivity contribution in [3.8, 4) is 0 Å². The zero-order valence-electron chi connectivity index (χ0n) is 10.5. The van der Waals surface area contributed by atoms with E-state index in [0.717, 1.165) is 22.6 Å². The predicted molar refractivity (Wildman–Crippen MR) is 74.6 cm³/mol. The average Bonchev–Trinajstić information content (AvgIpc) is 2.89. The maximum atomic E-state index is 5.69. The third-order valence-electron chi connectivity index (χ3n) is 3.01. The van der Waals surface area contributed by atoms with Crippen molar-refractivity contribution in [2.75, 3.05) is 11.1 Å². The Kier molecular flexibility index (Phi) is 2.75. The van der Waals surface area contributed by atoms with Crippen LogP contribution in [-0.4, -0.2) is 19.9 Å². The molecule has 0 aliphatic heterocycles. The summed E-state index contributed by atoms with van der Waals surface area (Å²) in [6.07, 6.45) is 3.11. The van der Waals surface area contributed by atoms with Crippen molar-refractivity contribution < 1.29 is 0 Å². The Morgan fingerprint density at radius 3 is 2.74 bits per heavy atom. The Hall–Kier alpha value is -2.63. The molecule has 0 saturated carbocycles. The van der Waals surface area contributed by atoms with Crippen LogP contribution >= 0.6 is 0 Å². The molecule has 1 unspecified atom stereocenters. The molecule has 0 aliphatic carbocycles. The van der Waals surface area contributed by atoms with Gasteiger partial charge in [0, 0.05) is 5.69 Å². The lowest BCUT2D eigenvalue weighted by Gasteiger charge is -2.15. The largest absolute Gasteiger partial charge is 0.399 e. The number of hydrogen-bond acceptors (Lipinski definition) is 5. The van der Waals surface area contributed by atoms with Gasteiger partial charge in [-0.1, -0.05) is 12.1 Å². The van der Waals surface area contributed by atoms with E-state index in [1.807, 2.05) is 24.3 Å². The second-order valence-corrected chi connectivity index (χ2v) is 4.36. The van der Waals surface area contributed by atoms with Crippen LogP contribution in [0.1, 0.15) is 18.5 Å². The maximum Gasteiger partial charge on any atom is 0.182 e. The number of rotatable bonds is 3. The van der Waals surface area contributed by atoms with Crippen LogP contribution in [0.15, 0.2) is 36.9 Å². The molecule has 0 aliphatic rings. The topological polar surface area (TPSA) is 92.5 Å². The van der Waals surface area contributed by atoms with Gasteiger partial charge in [-0.05, 0) is 24.6 Å². The predicted octanol–water partition coefficient (Wildman–Crippen LogP) is 2.11. The number of H-pyrrole nitrogens is 1. The third-order valence-corrected chi connectivity index (χ3v) is 3.01. The lowest BCUT2D eigenvalue weighted by molar-refractivity contribution is 0.875. The van der Waals surface area contributed by atoms with E-state index in [2.05, 4.69) is 32.2 Å². The first-order valence-electron chi connectivity index (χ1n) is 6.00. The molecule has 96 valence electrons. The highest BCUT2D eigenvalue weighted by molar-refractivity contribution is 5.82. The van der Waals surface area contributed by atoms with Crippen LogP contribution in [0.4, 0.5) is 11.5 Å². The van der Waals surface area contributed by atoms with Crippen molar-refractivity contribution >= 4 is 22.7 Å². The van der Waals surface area contributed by atoms with E-state index >= 15 is 0 Å². The fourth-order valence-electron chi connectivity index (χ4n) is 1.95. The van der Waals surface area contributed by atoms with Crippen LogP contribution in [0.2, 0.25) is 0 Å². The lowest BCUT2D eigenvalue weighted by atomic mass is 10.1. The van der Waals surface area contributed by atoms with Crippen LogP contribution in [0.3, 0.4) is 0 Å². The molecule has 0 bridgehead atoms. The van der Waals surface area contributed by atoms with E-state index in [9.17, 15) is 0 Å². The van der Waals surface area contributed by atoms with Gasteiger partial charge in [0.15, 0.2) is 11.5 Å². The Balaban J connectivity index is 1.88. The van der Waals surface area contributed by atoms with Crippen LogP contribution in [0.5, 0.6) is 0 Å². The van der Waals surface area contributed by atoms with Crippen LogP contribution in [0.25, 0.3) is 11.2 Å². The molecule has 4 N–H and O–H groups in total. The highest BCUT2D eigenvalue weighted by atomic mass is 15.1. The van der Waals surface area contributed by atoms with Gasteiger partial charge < -0.3 is 16.0 Å². The molecule has 0 radical (unpaired) electrons. The van der Waals surface area contributed by atoms with Crippen molar-refractivity contribution in [2.24, 2.45) is 0 Å². The minimum absolute atomic E-state index is 0.113. The third kappa shape index (κ3) is 2.20. The first kappa shape index (κ1) is 11.5. The highest BCUT2D eigenvalue weighted by Crippen LogP contribution is 2.22. The van der Waals surface area contributed by atoms with Gasteiger partial charge in [0.2, 0.25) is 0 Å². The summed E-state index contributed by atoms with van der Waals surface area (Å²) < 4.78 is 0. The number of benzene rings is 1. The summed E-state index contributed by atoms with van der Waals surface area (Å²) in [5, 5.41) is 3.34. The summed E-state index contributed by atoms with van der Waals surface area (Å²) >= 11 is 0. The number of nitrogens with one attached hydrogen (secondary N) is 2. The minimum atomic E-state index is 0.113. The molecule has 0 spiro atoms. The van der Waals surface area contributed by atoms with Crippen molar-refractivity contribution in [3.05, 3.63) is 42.5 Å². The van der Waals surface area contributed by atoms with Gasteiger partial charge in [-0.3, -0.25) is 0 Å². The number of nitrogen functional groups attached to an aromatic ring is 1. The van der Waals surface area contributed by atoms with Gasteiger partial charge in [-0.25, -0.2) is 15.0 Å². The van der Waals surface area contributed by atoms with Crippen LogP contribution < -0.4 is 11.1 Å². The maximum absolute atomic E-state index is 5.69. The number of aromatic amines is 1. The Morgan fingerprint density at radius 2 is 1.95 bits per heavy atom. The molecule has 2 heterocycles. The molecule has 2 aromatic heterocycles. The zero-order chi connectivity index (χ0) is 13.2. The standard InChI is InChI=1S/C13H14N6/c1-8(9-2-4-10(14)5-3-9)19-13-11-12(16-6-15-11)17-7-18-13/h2-8H,14H2,1H3,(H2,15,16,17,18,19). The van der Waals surface area contributed by atoms with Crippen molar-refractivity contribution in [3.63, 3.8) is 0 Å². The molecule has 6 heteroatoms. The number of aromatic nitrogens is 4. The highest BCUT2D eigenvalue weighted by Gasteiger charge is 2.10. The van der Waals surface area contributed by atoms with Gasteiger partial charge >= 0.3 is 0 Å². The van der Waals surface area contributed by atoms with E-state index in [-0.39, 0.29) is 6.04 Å². The molecule has 0 amide bonds. The number of anilines is 2. The Morgan fingerprint density at radius 1 is 1.16 bits per heavy atom. The smallest absolute Gasteiger partial charge is 0.182 e. The van der Waals surface area contributed by atoms with Gasteiger partial charge in [0.1, 0.15) is 11.8 Å². The van der Waals surface area contributed by atoms with Gasteiger partial charge in [0.25, 0.3) is 0 Å². The van der Waals surface area contributed by atoms with Crippen LogP contribution in [0, 0.1) is 0 Å². The summed E-state index contributed by atoms with van der Waals surface area (Å²) in [4.78, 5) is 15.5. The quantitative estimate of drug-likeness (QED) is 0.622. The molecule has 6 nitrogen and oxygen atoms in total.